The number of aryl methyl sites for hydroxylation is 1. The van der Waals surface area contributed by atoms with Crippen LogP contribution in [0.1, 0.15) is 94.5 Å². The van der Waals surface area contributed by atoms with Gasteiger partial charge in [-0.15, -0.1) is 0 Å². The molecule has 2 unspecified atom stereocenters. The van der Waals surface area contributed by atoms with Crippen LogP contribution in [-0.4, -0.2) is 13.3 Å². The lowest BCUT2D eigenvalue weighted by Gasteiger charge is -2.37. The van der Waals surface area contributed by atoms with E-state index in [2.05, 4.69) is 113 Å². The minimum absolute atomic E-state index is 0.00486. The highest BCUT2D eigenvalue weighted by atomic mass is 31.1. The highest BCUT2D eigenvalue weighted by Gasteiger charge is 2.35. The van der Waals surface area contributed by atoms with Gasteiger partial charge in [-0.05, 0) is 52.7 Å². The molecule has 0 fully saturated rings. The smallest absolute Gasteiger partial charge is 0.126 e. The summed E-state index contributed by atoms with van der Waals surface area (Å²) in [5.41, 5.74) is 6.50. The van der Waals surface area contributed by atoms with Crippen LogP contribution >= 0.6 is 8.58 Å². The Morgan fingerprint density at radius 3 is 2.27 bits per heavy atom. The van der Waals surface area contributed by atoms with Gasteiger partial charge >= 0.3 is 0 Å². The van der Waals surface area contributed by atoms with Gasteiger partial charge in [-0.1, -0.05) is 129 Å². The van der Waals surface area contributed by atoms with Crippen LogP contribution in [0.3, 0.4) is 0 Å². The summed E-state index contributed by atoms with van der Waals surface area (Å²) < 4.78 is 6.73. The largest absolute Gasteiger partial charge is 0.488 e. The van der Waals surface area contributed by atoms with E-state index in [0.29, 0.717) is 15.2 Å². The van der Waals surface area contributed by atoms with Gasteiger partial charge in [-0.3, -0.25) is 4.99 Å². The molecule has 0 radical (unpaired) electrons. The molecule has 2 atom stereocenters. The topological polar surface area (TPSA) is 21.6 Å². The molecular weight excluding hydrogens is 469 g/mol. The molecule has 0 saturated heterocycles. The van der Waals surface area contributed by atoms with Crippen LogP contribution in [0.2, 0.25) is 0 Å². The Bertz CT molecular complexity index is 1160. The number of ether oxygens (including phenoxy) is 1. The third-order valence-electron chi connectivity index (χ3n) is 7.30. The molecule has 0 heterocycles. The lowest BCUT2D eigenvalue weighted by atomic mass is 9.80. The predicted octanol–water partition coefficient (Wildman–Crippen LogP) is 9.11. The second-order valence-electron chi connectivity index (χ2n) is 11.2. The number of nitrogens with zero attached hydrogens (tertiary/aromatic N) is 1. The summed E-state index contributed by atoms with van der Waals surface area (Å²) in [6, 6.07) is 24.1. The monoisotopic (exact) mass is 515 g/mol. The molecule has 0 saturated carbocycles. The van der Waals surface area contributed by atoms with Gasteiger partial charge in [0.2, 0.25) is 0 Å². The summed E-state index contributed by atoms with van der Waals surface area (Å²) in [4.78, 5) is 4.37. The van der Waals surface area contributed by atoms with Crippen molar-refractivity contribution in [3.05, 3.63) is 94.5 Å². The zero-order chi connectivity index (χ0) is 26.9. The Morgan fingerprint density at radius 1 is 0.919 bits per heavy atom. The Labute approximate surface area is 227 Å². The van der Waals surface area contributed by atoms with Crippen molar-refractivity contribution in [1.82, 2.24) is 0 Å². The summed E-state index contributed by atoms with van der Waals surface area (Å²) in [6.45, 7) is 14.4. The maximum Gasteiger partial charge on any atom is 0.126 e. The second kappa shape index (κ2) is 13.4. The summed E-state index contributed by atoms with van der Waals surface area (Å²) in [5, 5.41) is 1.39. The molecule has 2 nitrogen and oxygen atoms in total. The van der Waals surface area contributed by atoms with E-state index < -0.39 is 0 Å². The molecule has 37 heavy (non-hydrogen) atoms. The molecule has 3 rings (SSSR count). The first kappa shape index (κ1) is 29.1. The molecule has 3 heteroatoms. The van der Waals surface area contributed by atoms with Crippen LogP contribution in [0.5, 0.6) is 5.75 Å². The molecule has 0 spiro atoms. The van der Waals surface area contributed by atoms with E-state index in [9.17, 15) is 0 Å². The van der Waals surface area contributed by atoms with Gasteiger partial charge in [0.25, 0.3) is 0 Å². The fourth-order valence-corrected chi connectivity index (χ4v) is 6.79. The van der Waals surface area contributed by atoms with E-state index >= 15 is 0 Å². The third kappa shape index (κ3) is 7.55. The van der Waals surface area contributed by atoms with E-state index in [0.717, 1.165) is 18.6 Å². The van der Waals surface area contributed by atoms with E-state index in [4.69, 9.17) is 4.74 Å². The predicted molar refractivity (Wildman–Crippen MR) is 165 cm³/mol. The number of hydrogen-bond acceptors (Lipinski definition) is 2. The minimum atomic E-state index is 0.00486. The van der Waals surface area contributed by atoms with Crippen LogP contribution in [0.4, 0.5) is 0 Å². The van der Waals surface area contributed by atoms with Crippen LogP contribution in [0.15, 0.2) is 71.7 Å². The van der Waals surface area contributed by atoms with Crippen molar-refractivity contribution in [3.8, 4) is 5.75 Å². The van der Waals surface area contributed by atoms with Gasteiger partial charge in [0.15, 0.2) is 0 Å². The standard InChI is InChI=1S/C34H46NOP/c1-8-10-16-21-34(9-2,37-31-20-15-14-19-28(31)24-35-7)30-23-29(33(4,5)6)22-26(3)32(30)36-25-27-17-12-11-13-18-27/h11-15,17-20,22-24,37H,8-10,16,21,25H2,1-7H3. The Kier molecular flexibility index (Phi) is 10.5. The van der Waals surface area contributed by atoms with Gasteiger partial charge in [0.05, 0.1) is 0 Å². The van der Waals surface area contributed by atoms with Crippen molar-refractivity contribution < 1.29 is 4.74 Å². The molecule has 0 aliphatic heterocycles. The van der Waals surface area contributed by atoms with E-state index in [1.807, 2.05) is 13.3 Å². The van der Waals surface area contributed by atoms with Crippen LogP contribution in [0.25, 0.3) is 0 Å². The summed E-state index contributed by atoms with van der Waals surface area (Å²) in [6.07, 6.45) is 7.93. The number of unbranched alkanes of at least 4 members (excludes halogenated alkanes) is 2. The van der Waals surface area contributed by atoms with Gasteiger partial charge in [0, 0.05) is 24.0 Å². The molecule has 0 amide bonds. The van der Waals surface area contributed by atoms with Gasteiger partial charge < -0.3 is 4.74 Å². The van der Waals surface area contributed by atoms with Crippen molar-refractivity contribution in [2.75, 3.05) is 7.05 Å². The summed E-state index contributed by atoms with van der Waals surface area (Å²) in [5.74, 6) is 1.07. The molecule has 198 valence electrons. The van der Waals surface area contributed by atoms with Crippen molar-refractivity contribution in [1.29, 1.82) is 0 Å². The average molecular weight is 516 g/mol. The highest BCUT2D eigenvalue weighted by molar-refractivity contribution is 7.48. The van der Waals surface area contributed by atoms with Crippen molar-refractivity contribution in [3.63, 3.8) is 0 Å². The van der Waals surface area contributed by atoms with Crippen LogP contribution < -0.4 is 10.0 Å². The van der Waals surface area contributed by atoms with Gasteiger partial charge in [0.1, 0.15) is 12.4 Å². The summed E-state index contributed by atoms with van der Waals surface area (Å²) >= 11 is 0. The zero-order valence-corrected chi connectivity index (χ0v) is 25.0. The number of benzene rings is 3. The quantitative estimate of drug-likeness (QED) is 0.134. The first-order chi connectivity index (χ1) is 17.7. The SMILES string of the molecule is CCCCCC(CC)(Pc1ccccc1C=NC)c1cc(C(C)(C)C)cc(C)c1OCc1ccccc1. The molecule has 3 aromatic carbocycles. The normalized spacial score (nSPS) is 13.9. The molecule has 0 aliphatic carbocycles. The summed E-state index contributed by atoms with van der Waals surface area (Å²) in [7, 11) is 2.50. The Morgan fingerprint density at radius 2 is 1.62 bits per heavy atom. The van der Waals surface area contributed by atoms with Crippen LogP contribution in [0, 0.1) is 6.92 Å². The second-order valence-corrected chi connectivity index (χ2v) is 12.9. The van der Waals surface area contributed by atoms with Crippen molar-refractivity contribution >= 4 is 20.1 Å². The van der Waals surface area contributed by atoms with E-state index in [-0.39, 0.29) is 10.6 Å². The maximum atomic E-state index is 6.73. The first-order valence-corrected chi connectivity index (χ1v) is 14.9. The molecule has 0 aromatic heterocycles. The number of hydrogen-bond donors (Lipinski definition) is 0. The van der Waals surface area contributed by atoms with Gasteiger partial charge in [-0.2, -0.15) is 0 Å². The molecule has 3 aromatic rings. The van der Waals surface area contributed by atoms with E-state index in [1.54, 1.807) is 0 Å². The molecule has 0 N–H and O–H groups in total. The molecular formula is C34H46NOP. The highest BCUT2D eigenvalue weighted by Crippen LogP contribution is 2.53. The Hall–Kier alpha value is -2.44. The Balaban J connectivity index is 2.20. The minimum Gasteiger partial charge on any atom is -0.488 e. The van der Waals surface area contributed by atoms with Crippen LogP contribution in [-0.2, 0) is 17.2 Å². The fraction of sp³-hybridized carbons (Fsp3) is 0.441. The van der Waals surface area contributed by atoms with Crippen molar-refractivity contribution in [2.45, 2.75) is 90.8 Å². The number of aliphatic imine (C=N–C) groups is 1. The van der Waals surface area contributed by atoms with E-state index in [1.165, 1.54) is 52.4 Å². The zero-order valence-electron chi connectivity index (χ0n) is 24.0. The average Bonchev–Trinajstić information content (AvgIpc) is 2.88. The first-order valence-electron chi connectivity index (χ1n) is 13.9. The molecule has 0 aliphatic rings. The fourth-order valence-electron chi connectivity index (χ4n) is 5.00. The van der Waals surface area contributed by atoms with Crippen molar-refractivity contribution in [2.24, 2.45) is 4.99 Å². The lowest BCUT2D eigenvalue weighted by molar-refractivity contribution is 0.295. The van der Waals surface area contributed by atoms with Gasteiger partial charge in [-0.25, -0.2) is 0 Å². The third-order valence-corrected chi connectivity index (χ3v) is 9.37. The number of rotatable bonds is 12. The molecule has 0 bridgehead atoms. The lowest BCUT2D eigenvalue weighted by Crippen LogP contribution is -2.26. The maximum absolute atomic E-state index is 6.73.